The molecule has 7 heteroatoms. The molecule has 0 atom stereocenters. The van der Waals surface area contributed by atoms with Crippen LogP contribution in [0.3, 0.4) is 0 Å². The fraction of sp³-hybridized carbons (Fsp3) is 0.462. The van der Waals surface area contributed by atoms with Gasteiger partial charge >= 0.3 is 6.18 Å². The molecule has 0 radical (unpaired) electrons. The number of ether oxygens (including phenoxy) is 1. The van der Waals surface area contributed by atoms with E-state index >= 15 is 0 Å². The third-order valence-electron chi connectivity index (χ3n) is 2.47. The molecule has 3 nitrogen and oxygen atoms in total. The van der Waals surface area contributed by atoms with Gasteiger partial charge in [0.1, 0.15) is 4.99 Å². The molecular formula is C13H17F3N2OS. The normalized spacial score (nSPS) is 11.7. The zero-order chi connectivity index (χ0) is 15.3. The first kappa shape index (κ1) is 16.7. The fourth-order valence-corrected chi connectivity index (χ4v) is 1.76. The van der Waals surface area contributed by atoms with Crippen molar-refractivity contribution in [2.24, 2.45) is 5.73 Å². The maximum Gasteiger partial charge on any atom is 0.417 e. The Balaban J connectivity index is 2.81. The topological polar surface area (TPSA) is 47.3 Å². The van der Waals surface area contributed by atoms with Crippen LogP contribution in [-0.2, 0) is 10.9 Å². The first-order valence-corrected chi connectivity index (χ1v) is 6.49. The second-order valence-electron chi connectivity index (χ2n) is 4.47. The molecule has 112 valence electrons. The number of thiocarbonyl (C=S) groups is 1. The average Bonchev–Trinajstić information content (AvgIpc) is 2.33. The molecule has 1 aromatic rings. The van der Waals surface area contributed by atoms with E-state index in [0.29, 0.717) is 18.8 Å². The Hall–Kier alpha value is -1.34. The molecule has 3 N–H and O–H groups in total. The quantitative estimate of drug-likeness (QED) is 0.626. The maximum absolute atomic E-state index is 12.8. The number of rotatable bonds is 6. The Kier molecular flexibility index (Phi) is 5.76. The van der Waals surface area contributed by atoms with Crippen LogP contribution in [0.1, 0.15) is 25.0 Å². The van der Waals surface area contributed by atoms with Gasteiger partial charge in [-0.3, -0.25) is 0 Å². The van der Waals surface area contributed by atoms with Gasteiger partial charge in [-0.25, -0.2) is 0 Å². The molecular weight excluding hydrogens is 289 g/mol. The number of alkyl halides is 3. The standard InChI is InChI=1S/C13H17F3N2OS/c1-8(2)19-6-5-18-9-3-4-11(13(14,15)16)10(7-9)12(17)20/h3-4,7-8,18H,5-6H2,1-2H3,(H2,17,20). The summed E-state index contributed by atoms with van der Waals surface area (Å²) in [7, 11) is 0. The zero-order valence-electron chi connectivity index (χ0n) is 11.3. The summed E-state index contributed by atoms with van der Waals surface area (Å²) in [5.41, 5.74) is 4.87. The van der Waals surface area contributed by atoms with Crippen molar-refractivity contribution in [2.45, 2.75) is 26.1 Å². The summed E-state index contributed by atoms with van der Waals surface area (Å²) in [5, 5.41) is 2.97. The summed E-state index contributed by atoms with van der Waals surface area (Å²) in [4.78, 5) is -0.278. The van der Waals surface area contributed by atoms with Crippen LogP contribution in [0.5, 0.6) is 0 Å². The number of hydrogen-bond acceptors (Lipinski definition) is 3. The van der Waals surface area contributed by atoms with Gasteiger partial charge in [-0.2, -0.15) is 13.2 Å². The van der Waals surface area contributed by atoms with Gasteiger partial charge in [-0.1, -0.05) is 12.2 Å². The van der Waals surface area contributed by atoms with Crippen LogP contribution in [0, 0.1) is 0 Å². The molecule has 0 amide bonds. The molecule has 20 heavy (non-hydrogen) atoms. The summed E-state index contributed by atoms with van der Waals surface area (Å²) in [6.45, 7) is 4.76. The van der Waals surface area contributed by atoms with Crippen LogP contribution < -0.4 is 11.1 Å². The number of anilines is 1. The smallest absolute Gasteiger partial charge is 0.389 e. The molecule has 0 unspecified atom stereocenters. The average molecular weight is 306 g/mol. The molecule has 0 aliphatic rings. The second-order valence-corrected chi connectivity index (χ2v) is 4.91. The molecule has 0 spiro atoms. The van der Waals surface area contributed by atoms with Gasteiger partial charge in [0.15, 0.2) is 0 Å². The van der Waals surface area contributed by atoms with E-state index in [9.17, 15) is 13.2 Å². The van der Waals surface area contributed by atoms with Crippen molar-refractivity contribution in [3.63, 3.8) is 0 Å². The lowest BCUT2D eigenvalue weighted by molar-refractivity contribution is -0.137. The summed E-state index contributed by atoms with van der Waals surface area (Å²) < 4.78 is 43.7. The van der Waals surface area contributed by atoms with E-state index in [-0.39, 0.29) is 16.7 Å². The van der Waals surface area contributed by atoms with Crippen molar-refractivity contribution >= 4 is 22.9 Å². The Bertz CT molecular complexity index is 475. The monoisotopic (exact) mass is 306 g/mol. The molecule has 1 rings (SSSR count). The van der Waals surface area contributed by atoms with Crippen LogP contribution in [0.2, 0.25) is 0 Å². The molecule has 1 aromatic carbocycles. The van der Waals surface area contributed by atoms with Gasteiger partial charge in [-0.15, -0.1) is 0 Å². The van der Waals surface area contributed by atoms with E-state index in [0.717, 1.165) is 6.07 Å². The highest BCUT2D eigenvalue weighted by atomic mass is 32.1. The Morgan fingerprint density at radius 3 is 2.55 bits per heavy atom. The lowest BCUT2D eigenvalue weighted by Crippen LogP contribution is -2.19. The molecule has 0 aliphatic carbocycles. The minimum Gasteiger partial charge on any atom is -0.389 e. The first-order valence-electron chi connectivity index (χ1n) is 6.08. The summed E-state index contributed by atoms with van der Waals surface area (Å²) in [5.74, 6) is 0. The number of hydrogen-bond donors (Lipinski definition) is 2. The van der Waals surface area contributed by atoms with Crippen molar-refractivity contribution in [1.29, 1.82) is 0 Å². The molecule has 0 saturated carbocycles. The third-order valence-corrected chi connectivity index (χ3v) is 2.69. The number of benzene rings is 1. The maximum atomic E-state index is 12.8. The Labute approximate surface area is 121 Å². The highest BCUT2D eigenvalue weighted by Gasteiger charge is 2.33. The van der Waals surface area contributed by atoms with Crippen molar-refractivity contribution < 1.29 is 17.9 Å². The van der Waals surface area contributed by atoms with Crippen molar-refractivity contribution in [1.82, 2.24) is 0 Å². The van der Waals surface area contributed by atoms with E-state index in [1.165, 1.54) is 12.1 Å². The van der Waals surface area contributed by atoms with E-state index in [2.05, 4.69) is 17.5 Å². The molecule has 0 aromatic heterocycles. The minimum atomic E-state index is -4.47. The van der Waals surface area contributed by atoms with Gasteiger partial charge in [0, 0.05) is 17.8 Å². The predicted molar refractivity (Wildman–Crippen MR) is 76.9 cm³/mol. The van der Waals surface area contributed by atoms with Gasteiger partial charge in [-0.05, 0) is 32.0 Å². The van der Waals surface area contributed by atoms with Gasteiger partial charge in [0.05, 0.1) is 18.3 Å². The zero-order valence-corrected chi connectivity index (χ0v) is 12.1. The van der Waals surface area contributed by atoms with Gasteiger partial charge in [0.25, 0.3) is 0 Å². The third kappa shape index (κ3) is 4.97. The number of nitrogens with one attached hydrogen (secondary N) is 1. The van der Waals surface area contributed by atoms with Crippen molar-refractivity contribution in [2.75, 3.05) is 18.5 Å². The molecule has 0 fully saturated rings. The number of halogens is 3. The Morgan fingerprint density at radius 2 is 2.05 bits per heavy atom. The summed E-state index contributed by atoms with van der Waals surface area (Å²) in [6, 6.07) is 3.63. The van der Waals surface area contributed by atoms with Crippen LogP contribution >= 0.6 is 12.2 Å². The second kappa shape index (κ2) is 6.90. The van der Waals surface area contributed by atoms with Crippen LogP contribution in [0.15, 0.2) is 18.2 Å². The molecule has 0 aliphatic heterocycles. The minimum absolute atomic E-state index is 0.108. The number of nitrogens with two attached hydrogens (primary N) is 1. The largest absolute Gasteiger partial charge is 0.417 e. The van der Waals surface area contributed by atoms with E-state index in [1.807, 2.05) is 13.8 Å². The predicted octanol–water partition coefficient (Wildman–Crippen LogP) is 3.18. The first-order chi connectivity index (χ1) is 9.21. The molecule has 0 heterocycles. The van der Waals surface area contributed by atoms with Crippen LogP contribution in [0.25, 0.3) is 0 Å². The van der Waals surface area contributed by atoms with Gasteiger partial charge in [0.2, 0.25) is 0 Å². The Morgan fingerprint density at radius 1 is 1.40 bits per heavy atom. The highest BCUT2D eigenvalue weighted by molar-refractivity contribution is 7.80. The summed E-state index contributed by atoms with van der Waals surface area (Å²) >= 11 is 4.67. The lowest BCUT2D eigenvalue weighted by Gasteiger charge is -2.15. The van der Waals surface area contributed by atoms with Crippen molar-refractivity contribution in [3.05, 3.63) is 29.3 Å². The van der Waals surface area contributed by atoms with Crippen LogP contribution in [0.4, 0.5) is 18.9 Å². The van der Waals surface area contributed by atoms with E-state index in [4.69, 9.17) is 10.5 Å². The highest BCUT2D eigenvalue weighted by Crippen LogP contribution is 2.33. The molecule has 0 saturated heterocycles. The molecule has 0 bridgehead atoms. The van der Waals surface area contributed by atoms with Crippen LogP contribution in [-0.4, -0.2) is 24.2 Å². The van der Waals surface area contributed by atoms with Crippen molar-refractivity contribution in [3.8, 4) is 0 Å². The summed E-state index contributed by atoms with van der Waals surface area (Å²) in [6.07, 6.45) is -4.37. The van der Waals surface area contributed by atoms with Gasteiger partial charge < -0.3 is 15.8 Å². The lowest BCUT2D eigenvalue weighted by atomic mass is 10.1. The fourth-order valence-electron chi connectivity index (χ4n) is 1.60. The van der Waals surface area contributed by atoms with E-state index < -0.39 is 11.7 Å². The SMILES string of the molecule is CC(C)OCCNc1ccc(C(F)(F)F)c(C(N)=S)c1. The van der Waals surface area contributed by atoms with E-state index in [1.54, 1.807) is 0 Å².